The summed E-state index contributed by atoms with van der Waals surface area (Å²) in [6, 6.07) is 4.90. The number of hydrogen-bond donors (Lipinski definition) is 2. The molecule has 0 aliphatic rings. The minimum absolute atomic E-state index is 0.0295. The molecular weight excluding hydrogens is 286 g/mol. The number of hydrogen-bond acceptors (Lipinski definition) is 3. The van der Waals surface area contributed by atoms with Crippen LogP contribution in [0.5, 0.6) is 0 Å². The predicted octanol–water partition coefficient (Wildman–Crippen LogP) is 0.849. The fourth-order valence-corrected chi connectivity index (χ4v) is 1.67. The maximum atomic E-state index is 11.7. The minimum Gasteiger partial charge on any atom is -0.399 e. The van der Waals surface area contributed by atoms with Crippen LogP contribution in [0.1, 0.15) is 10.4 Å². The lowest BCUT2D eigenvalue weighted by atomic mass is 10.2. The summed E-state index contributed by atoms with van der Waals surface area (Å²) in [4.78, 5) is 24.4. The number of nitrogens with two attached hydrogens (primary N) is 1. The molecule has 0 aromatic heterocycles. The molecular formula is C11H14BrN3O2. The molecule has 2 amide bonds. The van der Waals surface area contributed by atoms with Crippen LogP contribution < -0.4 is 11.1 Å². The average molecular weight is 300 g/mol. The minimum atomic E-state index is -0.326. The van der Waals surface area contributed by atoms with Crippen LogP contribution in [0.25, 0.3) is 0 Å². The molecule has 6 heteroatoms. The maximum absolute atomic E-state index is 11.7. The number of nitrogens with zero attached hydrogens (tertiary/aromatic N) is 1. The summed E-state index contributed by atoms with van der Waals surface area (Å²) in [7, 11) is 3.26. The first-order chi connectivity index (χ1) is 7.90. The van der Waals surface area contributed by atoms with Crippen molar-refractivity contribution in [1.82, 2.24) is 10.2 Å². The lowest BCUT2D eigenvalue weighted by Gasteiger charge is -2.11. The van der Waals surface area contributed by atoms with Crippen molar-refractivity contribution in [3.63, 3.8) is 0 Å². The molecule has 92 valence electrons. The smallest absolute Gasteiger partial charge is 0.251 e. The van der Waals surface area contributed by atoms with Crippen LogP contribution >= 0.6 is 15.9 Å². The molecule has 0 radical (unpaired) electrons. The van der Waals surface area contributed by atoms with Gasteiger partial charge < -0.3 is 16.0 Å². The van der Waals surface area contributed by atoms with Gasteiger partial charge in [0, 0.05) is 29.8 Å². The molecule has 0 aliphatic carbocycles. The van der Waals surface area contributed by atoms with E-state index in [9.17, 15) is 9.59 Å². The second-order valence-corrected chi connectivity index (χ2v) is 4.66. The van der Waals surface area contributed by atoms with Crippen molar-refractivity contribution in [1.29, 1.82) is 0 Å². The highest BCUT2D eigenvalue weighted by Crippen LogP contribution is 2.17. The van der Waals surface area contributed by atoms with Gasteiger partial charge in [0.1, 0.15) is 0 Å². The zero-order valence-electron chi connectivity index (χ0n) is 9.66. The SMILES string of the molecule is CN(C)C(=O)CNC(=O)c1cc(N)cc(Br)c1. The molecule has 1 aromatic rings. The third-order valence-electron chi connectivity index (χ3n) is 2.08. The Kier molecular flexibility index (Phi) is 4.51. The van der Waals surface area contributed by atoms with Crippen LogP contribution in [0.15, 0.2) is 22.7 Å². The summed E-state index contributed by atoms with van der Waals surface area (Å²) in [6.07, 6.45) is 0. The normalized spacial score (nSPS) is 9.82. The van der Waals surface area contributed by atoms with Crippen molar-refractivity contribution in [3.8, 4) is 0 Å². The maximum Gasteiger partial charge on any atom is 0.251 e. The highest BCUT2D eigenvalue weighted by molar-refractivity contribution is 9.10. The van der Waals surface area contributed by atoms with Gasteiger partial charge in [0.15, 0.2) is 0 Å². The van der Waals surface area contributed by atoms with Gasteiger partial charge in [-0.15, -0.1) is 0 Å². The molecule has 0 saturated heterocycles. The van der Waals surface area contributed by atoms with Crippen LogP contribution in [0.4, 0.5) is 5.69 Å². The lowest BCUT2D eigenvalue weighted by molar-refractivity contribution is -0.127. The van der Waals surface area contributed by atoms with E-state index in [1.807, 2.05) is 0 Å². The molecule has 1 aromatic carbocycles. The number of amides is 2. The molecule has 0 fully saturated rings. The Balaban J connectivity index is 2.67. The molecule has 0 spiro atoms. The van der Waals surface area contributed by atoms with Crippen molar-refractivity contribution in [3.05, 3.63) is 28.2 Å². The predicted molar refractivity (Wildman–Crippen MR) is 69.6 cm³/mol. The van der Waals surface area contributed by atoms with E-state index >= 15 is 0 Å². The summed E-state index contributed by atoms with van der Waals surface area (Å²) in [5.74, 6) is -0.491. The van der Waals surface area contributed by atoms with Crippen LogP contribution in [-0.2, 0) is 4.79 Å². The lowest BCUT2D eigenvalue weighted by Crippen LogP contribution is -2.36. The van der Waals surface area contributed by atoms with Crippen LogP contribution in [0, 0.1) is 0 Å². The standard InChI is InChI=1S/C11H14BrN3O2/c1-15(2)10(16)6-14-11(17)7-3-8(12)5-9(13)4-7/h3-5H,6,13H2,1-2H3,(H,14,17). The van der Waals surface area contributed by atoms with Crippen molar-refractivity contribution >= 4 is 33.4 Å². The van der Waals surface area contributed by atoms with E-state index in [0.717, 1.165) is 4.47 Å². The van der Waals surface area contributed by atoms with Gasteiger partial charge in [-0.2, -0.15) is 0 Å². The summed E-state index contributed by atoms with van der Waals surface area (Å²) in [5.41, 5.74) is 6.53. The van der Waals surface area contributed by atoms with Crippen molar-refractivity contribution in [2.45, 2.75) is 0 Å². The fraction of sp³-hybridized carbons (Fsp3) is 0.273. The summed E-state index contributed by atoms with van der Waals surface area (Å²) >= 11 is 3.25. The fourth-order valence-electron chi connectivity index (χ4n) is 1.16. The van der Waals surface area contributed by atoms with Gasteiger partial charge in [-0.25, -0.2) is 0 Å². The van der Waals surface area contributed by atoms with Crippen molar-refractivity contribution in [2.24, 2.45) is 0 Å². The van der Waals surface area contributed by atoms with E-state index < -0.39 is 0 Å². The molecule has 3 N–H and O–H groups in total. The molecule has 1 rings (SSSR count). The zero-order valence-corrected chi connectivity index (χ0v) is 11.2. The number of likely N-dealkylation sites (N-methyl/N-ethyl adjacent to an activating group) is 1. The summed E-state index contributed by atoms with van der Waals surface area (Å²) < 4.78 is 0.724. The summed E-state index contributed by atoms with van der Waals surface area (Å²) in [6.45, 7) is -0.0295. The molecule has 5 nitrogen and oxygen atoms in total. The molecule has 0 aliphatic heterocycles. The Morgan fingerprint density at radius 3 is 2.53 bits per heavy atom. The topological polar surface area (TPSA) is 75.4 Å². The number of nitrogen functional groups attached to an aromatic ring is 1. The molecule has 0 atom stereocenters. The van der Waals surface area contributed by atoms with Crippen LogP contribution in [-0.4, -0.2) is 37.4 Å². The van der Waals surface area contributed by atoms with Gasteiger partial charge >= 0.3 is 0 Å². The number of benzene rings is 1. The highest BCUT2D eigenvalue weighted by Gasteiger charge is 2.10. The highest BCUT2D eigenvalue weighted by atomic mass is 79.9. The molecule has 0 heterocycles. The van der Waals surface area contributed by atoms with E-state index in [1.54, 1.807) is 32.3 Å². The number of carbonyl (C=O) groups excluding carboxylic acids is 2. The first-order valence-corrected chi connectivity index (χ1v) is 5.74. The van der Waals surface area contributed by atoms with Crippen molar-refractivity contribution < 1.29 is 9.59 Å². The Morgan fingerprint density at radius 1 is 1.35 bits per heavy atom. The average Bonchev–Trinajstić information content (AvgIpc) is 2.23. The second kappa shape index (κ2) is 5.67. The number of nitrogens with one attached hydrogen (secondary N) is 1. The Labute approximate surface area is 108 Å². The second-order valence-electron chi connectivity index (χ2n) is 3.74. The van der Waals surface area contributed by atoms with Crippen LogP contribution in [0.2, 0.25) is 0 Å². The van der Waals surface area contributed by atoms with Gasteiger partial charge in [-0.05, 0) is 18.2 Å². The van der Waals surface area contributed by atoms with Crippen LogP contribution in [0.3, 0.4) is 0 Å². The number of carbonyl (C=O) groups is 2. The quantitative estimate of drug-likeness (QED) is 0.813. The van der Waals surface area contributed by atoms with E-state index in [2.05, 4.69) is 21.2 Å². The van der Waals surface area contributed by atoms with Gasteiger partial charge in [-0.1, -0.05) is 15.9 Å². The Morgan fingerprint density at radius 2 is 2.00 bits per heavy atom. The molecule has 17 heavy (non-hydrogen) atoms. The number of anilines is 1. The van der Waals surface area contributed by atoms with Gasteiger partial charge in [0.25, 0.3) is 5.91 Å². The van der Waals surface area contributed by atoms with E-state index in [4.69, 9.17) is 5.73 Å². The Hall–Kier alpha value is -1.56. The van der Waals surface area contributed by atoms with Gasteiger partial charge in [-0.3, -0.25) is 9.59 Å². The first kappa shape index (κ1) is 13.5. The number of rotatable bonds is 3. The Bertz CT molecular complexity index is 426. The van der Waals surface area contributed by atoms with Gasteiger partial charge in [0.2, 0.25) is 5.91 Å². The van der Waals surface area contributed by atoms with E-state index in [1.165, 1.54) is 4.90 Å². The van der Waals surface area contributed by atoms with Gasteiger partial charge in [0.05, 0.1) is 6.54 Å². The largest absolute Gasteiger partial charge is 0.399 e. The molecule has 0 bridgehead atoms. The molecule has 0 saturated carbocycles. The number of halogens is 1. The monoisotopic (exact) mass is 299 g/mol. The molecule has 0 unspecified atom stereocenters. The first-order valence-electron chi connectivity index (χ1n) is 4.94. The zero-order chi connectivity index (χ0) is 13.0. The summed E-state index contributed by atoms with van der Waals surface area (Å²) in [5, 5.41) is 2.53. The van der Waals surface area contributed by atoms with E-state index in [0.29, 0.717) is 11.3 Å². The third kappa shape index (κ3) is 4.07. The van der Waals surface area contributed by atoms with Crippen molar-refractivity contribution in [2.75, 3.05) is 26.4 Å². The van der Waals surface area contributed by atoms with E-state index in [-0.39, 0.29) is 18.4 Å². The third-order valence-corrected chi connectivity index (χ3v) is 2.54.